The van der Waals surface area contributed by atoms with Gasteiger partial charge in [0.15, 0.2) is 0 Å². The molecule has 1 saturated carbocycles. The molecule has 0 saturated heterocycles. The molecule has 0 radical (unpaired) electrons. The molecule has 2 aliphatic rings. The van der Waals surface area contributed by atoms with E-state index >= 15 is 0 Å². The summed E-state index contributed by atoms with van der Waals surface area (Å²) >= 11 is 0. The zero-order valence-electron chi connectivity index (χ0n) is 21.0. The molecule has 37 heavy (non-hydrogen) atoms. The van der Waals surface area contributed by atoms with E-state index in [0.717, 1.165) is 60.4 Å². The Labute approximate surface area is 217 Å². The van der Waals surface area contributed by atoms with E-state index in [-0.39, 0.29) is 18.1 Å². The van der Waals surface area contributed by atoms with E-state index in [1.807, 2.05) is 48.5 Å². The maximum Gasteiger partial charge on any atom is 0.251 e. The molecule has 0 bridgehead atoms. The van der Waals surface area contributed by atoms with Crippen molar-refractivity contribution in [1.29, 1.82) is 0 Å². The van der Waals surface area contributed by atoms with E-state index in [0.29, 0.717) is 12.2 Å². The second-order valence-electron chi connectivity index (χ2n) is 9.87. The van der Waals surface area contributed by atoms with Gasteiger partial charge in [0.1, 0.15) is 5.75 Å². The van der Waals surface area contributed by atoms with Crippen LogP contribution in [-0.2, 0) is 24.2 Å². The number of aromatic nitrogens is 2. The van der Waals surface area contributed by atoms with Gasteiger partial charge in [0.25, 0.3) is 5.91 Å². The summed E-state index contributed by atoms with van der Waals surface area (Å²) in [4.78, 5) is 13.0. The molecule has 1 heterocycles. The summed E-state index contributed by atoms with van der Waals surface area (Å²) in [7, 11) is 1.69. The summed E-state index contributed by atoms with van der Waals surface area (Å²) in [5.41, 5.74) is 8.51. The van der Waals surface area contributed by atoms with Crippen LogP contribution in [0.4, 0.5) is 0 Å². The van der Waals surface area contributed by atoms with Crippen LogP contribution in [-0.4, -0.2) is 35.4 Å². The maximum atomic E-state index is 13.0. The van der Waals surface area contributed by atoms with Gasteiger partial charge in [0.2, 0.25) is 0 Å². The van der Waals surface area contributed by atoms with Crippen LogP contribution in [0.5, 0.6) is 5.75 Å². The lowest BCUT2D eigenvalue weighted by Crippen LogP contribution is -2.41. The van der Waals surface area contributed by atoms with Gasteiger partial charge in [-0.05, 0) is 73.6 Å². The minimum Gasteiger partial charge on any atom is -0.497 e. The minimum absolute atomic E-state index is 0.0351. The number of rotatable bonds is 7. The third-order valence-corrected chi connectivity index (χ3v) is 7.59. The molecule has 3 aromatic carbocycles. The molecule has 4 aromatic rings. The van der Waals surface area contributed by atoms with Crippen molar-refractivity contribution in [2.75, 3.05) is 7.11 Å². The first-order chi connectivity index (χ1) is 18.2. The number of nitrogens with one attached hydrogen (secondary N) is 2. The molecule has 6 nitrogen and oxygen atoms in total. The van der Waals surface area contributed by atoms with E-state index in [2.05, 4.69) is 39.8 Å². The Hall–Kier alpha value is -3.90. The molecule has 2 atom stereocenters. The van der Waals surface area contributed by atoms with Crippen molar-refractivity contribution < 1.29 is 14.3 Å². The molecular weight excluding hydrogens is 462 g/mol. The SMILES string of the molecule is COc1ccc2c(c1)CCc1c(-c3ccc(C(=O)N[C@H]4CCC[C@@H]4OCc4ccccc4)cc3)n[nH]c1-2. The molecule has 1 aromatic heterocycles. The van der Waals surface area contributed by atoms with Crippen LogP contribution in [0.15, 0.2) is 72.8 Å². The van der Waals surface area contributed by atoms with Crippen molar-refractivity contribution in [3.05, 3.63) is 95.1 Å². The van der Waals surface area contributed by atoms with Crippen molar-refractivity contribution in [2.24, 2.45) is 0 Å². The Morgan fingerprint density at radius 1 is 1.03 bits per heavy atom. The molecule has 1 amide bonds. The second kappa shape index (κ2) is 10.2. The zero-order chi connectivity index (χ0) is 25.2. The third kappa shape index (κ3) is 4.77. The lowest BCUT2D eigenvalue weighted by atomic mass is 9.87. The van der Waals surface area contributed by atoms with Crippen molar-refractivity contribution in [1.82, 2.24) is 15.5 Å². The highest BCUT2D eigenvalue weighted by atomic mass is 16.5. The number of fused-ring (bicyclic) bond motifs is 3. The van der Waals surface area contributed by atoms with Crippen molar-refractivity contribution in [3.63, 3.8) is 0 Å². The summed E-state index contributed by atoms with van der Waals surface area (Å²) in [6, 6.07) is 24.2. The first-order valence-electron chi connectivity index (χ1n) is 13.0. The lowest BCUT2D eigenvalue weighted by molar-refractivity contribution is 0.0272. The Morgan fingerprint density at radius 3 is 2.68 bits per heavy atom. The van der Waals surface area contributed by atoms with E-state index in [1.54, 1.807) is 7.11 Å². The summed E-state index contributed by atoms with van der Waals surface area (Å²) in [6.45, 7) is 0.568. The van der Waals surface area contributed by atoms with Crippen molar-refractivity contribution >= 4 is 5.91 Å². The summed E-state index contributed by atoms with van der Waals surface area (Å²) < 4.78 is 11.5. The van der Waals surface area contributed by atoms with Gasteiger partial charge < -0.3 is 14.8 Å². The van der Waals surface area contributed by atoms with Crippen LogP contribution in [0.3, 0.4) is 0 Å². The fourth-order valence-corrected chi connectivity index (χ4v) is 5.58. The molecule has 6 rings (SSSR count). The standard InChI is InChI=1S/C31H31N3O3/c1-36-24-15-17-25-23(18-24)14-16-26-29(33-34-30(25)26)21-10-12-22(13-11-21)31(35)32-27-8-5-9-28(27)37-19-20-6-3-2-4-7-20/h2-4,6-7,10-13,15,17-18,27-28H,5,8-9,14,16,19H2,1H3,(H,32,35)(H,33,34)/t27-,28-/m0/s1. The number of hydrogen-bond acceptors (Lipinski definition) is 4. The van der Waals surface area contributed by atoms with E-state index in [1.165, 1.54) is 16.7 Å². The topological polar surface area (TPSA) is 76.2 Å². The summed E-state index contributed by atoms with van der Waals surface area (Å²) in [5.74, 6) is 0.821. The van der Waals surface area contributed by atoms with Crippen LogP contribution < -0.4 is 10.1 Å². The average Bonchev–Trinajstić information content (AvgIpc) is 3.59. The second-order valence-corrected chi connectivity index (χ2v) is 9.87. The third-order valence-electron chi connectivity index (χ3n) is 7.59. The fraction of sp³-hybridized carbons (Fsp3) is 0.290. The molecule has 0 unspecified atom stereocenters. The highest BCUT2D eigenvalue weighted by Gasteiger charge is 2.30. The zero-order valence-corrected chi connectivity index (χ0v) is 21.0. The quantitative estimate of drug-likeness (QED) is 0.345. The van der Waals surface area contributed by atoms with Gasteiger partial charge in [0.05, 0.1) is 37.3 Å². The number of carbonyl (C=O) groups is 1. The van der Waals surface area contributed by atoms with Gasteiger partial charge in [-0.25, -0.2) is 0 Å². The number of aryl methyl sites for hydroxylation is 1. The first kappa shape index (κ1) is 23.5. The number of ether oxygens (including phenoxy) is 2. The number of benzene rings is 3. The minimum atomic E-state index is -0.0568. The summed E-state index contributed by atoms with van der Waals surface area (Å²) in [6.07, 6.45) is 4.87. The molecule has 188 valence electrons. The van der Waals surface area contributed by atoms with E-state index < -0.39 is 0 Å². The van der Waals surface area contributed by atoms with Crippen molar-refractivity contribution in [3.8, 4) is 28.3 Å². The smallest absolute Gasteiger partial charge is 0.251 e. The van der Waals surface area contributed by atoms with Gasteiger partial charge >= 0.3 is 0 Å². The van der Waals surface area contributed by atoms with Gasteiger partial charge in [-0.15, -0.1) is 0 Å². The van der Waals surface area contributed by atoms with Gasteiger partial charge in [-0.2, -0.15) is 5.10 Å². The van der Waals surface area contributed by atoms with Gasteiger partial charge in [-0.1, -0.05) is 42.5 Å². The number of aromatic amines is 1. The molecule has 6 heteroatoms. The van der Waals surface area contributed by atoms with E-state index in [4.69, 9.17) is 9.47 Å². The number of methoxy groups -OCH3 is 1. The lowest BCUT2D eigenvalue weighted by Gasteiger charge is -2.21. The molecule has 0 aliphatic heterocycles. The Bertz CT molecular complexity index is 1400. The fourth-order valence-electron chi connectivity index (χ4n) is 5.58. The predicted octanol–water partition coefficient (Wildman–Crippen LogP) is 5.72. The van der Waals surface area contributed by atoms with E-state index in [9.17, 15) is 4.79 Å². The number of amides is 1. The number of nitrogens with zero attached hydrogens (tertiary/aromatic N) is 1. The highest BCUT2D eigenvalue weighted by molar-refractivity contribution is 5.95. The van der Waals surface area contributed by atoms with Gasteiger partial charge in [-0.3, -0.25) is 9.89 Å². The Morgan fingerprint density at radius 2 is 1.86 bits per heavy atom. The van der Waals surface area contributed by atoms with Crippen LogP contribution in [0, 0.1) is 0 Å². The van der Waals surface area contributed by atoms with Crippen LogP contribution >= 0.6 is 0 Å². The first-order valence-corrected chi connectivity index (χ1v) is 13.0. The van der Waals surface area contributed by atoms with Gasteiger partial charge in [0, 0.05) is 22.3 Å². The highest BCUT2D eigenvalue weighted by Crippen LogP contribution is 2.38. The van der Waals surface area contributed by atoms with Crippen LogP contribution in [0.25, 0.3) is 22.5 Å². The Kier molecular flexibility index (Phi) is 6.49. The van der Waals surface area contributed by atoms with Crippen molar-refractivity contribution in [2.45, 2.75) is 50.9 Å². The molecule has 0 spiro atoms. The number of H-pyrrole nitrogens is 1. The average molecular weight is 494 g/mol. The number of carbonyl (C=O) groups excluding carboxylic acids is 1. The normalized spacial score (nSPS) is 18.2. The predicted molar refractivity (Wildman–Crippen MR) is 144 cm³/mol. The molecule has 2 N–H and O–H groups in total. The molecular formula is C31H31N3O3. The largest absolute Gasteiger partial charge is 0.497 e. The Balaban J connectivity index is 1.13. The summed E-state index contributed by atoms with van der Waals surface area (Å²) in [5, 5.41) is 11.1. The molecule has 2 aliphatic carbocycles. The van der Waals surface area contributed by atoms with Crippen LogP contribution in [0.1, 0.15) is 46.3 Å². The molecule has 1 fully saturated rings. The van der Waals surface area contributed by atoms with Crippen LogP contribution in [0.2, 0.25) is 0 Å². The maximum absolute atomic E-state index is 13.0. The monoisotopic (exact) mass is 493 g/mol. The number of hydrogen-bond donors (Lipinski definition) is 2.